The van der Waals surface area contributed by atoms with Crippen molar-refractivity contribution in [3.63, 3.8) is 0 Å². The fourth-order valence-electron chi connectivity index (χ4n) is 2.46. The molecule has 21 heavy (non-hydrogen) atoms. The van der Waals surface area contributed by atoms with Gasteiger partial charge in [0.2, 0.25) is 11.9 Å². The van der Waals surface area contributed by atoms with Gasteiger partial charge in [-0.25, -0.2) is 4.98 Å². The number of halogens is 1. The summed E-state index contributed by atoms with van der Waals surface area (Å²) in [6, 6.07) is 0. The molecule has 0 bridgehead atoms. The number of nitrogens with zero attached hydrogens (tertiary/aromatic N) is 3. The van der Waals surface area contributed by atoms with Crippen molar-refractivity contribution in [2.75, 3.05) is 36.4 Å². The van der Waals surface area contributed by atoms with Crippen molar-refractivity contribution in [3.05, 3.63) is 11.2 Å². The molecule has 1 aromatic rings. The summed E-state index contributed by atoms with van der Waals surface area (Å²) in [5.74, 6) is 1.96. The van der Waals surface area contributed by atoms with Crippen LogP contribution in [-0.2, 0) is 4.79 Å². The van der Waals surface area contributed by atoms with Gasteiger partial charge in [-0.3, -0.25) is 4.79 Å². The molecular formula is C14H22ClN5O. The minimum Gasteiger partial charge on any atom is -0.356 e. The third-order valence-electron chi connectivity index (χ3n) is 3.61. The number of hydrogen-bond acceptors (Lipinski definition) is 5. The highest BCUT2D eigenvalue weighted by Crippen LogP contribution is 2.28. The summed E-state index contributed by atoms with van der Waals surface area (Å²) in [4.78, 5) is 21.8. The second-order valence-corrected chi connectivity index (χ2v) is 5.67. The Labute approximate surface area is 130 Å². The van der Waals surface area contributed by atoms with E-state index in [0.29, 0.717) is 16.9 Å². The number of carbonyl (C=O) groups excluding carboxylic acids is 1. The maximum absolute atomic E-state index is 11.0. The molecule has 7 heteroatoms. The van der Waals surface area contributed by atoms with Crippen molar-refractivity contribution in [1.29, 1.82) is 0 Å². The van der Waals surface area contributed by atoms with Gasteiger partial charge >= 0.3 is 0 Å². The van der Waals surface area contributed by atoms with Crippen LogP contribution in [0.5, 0.6) is 0 Å². The molecule has 1 aliphatic rings. The van der Waals surface area contributed by atoms with Gasteiger partial charge in [0.15, 0.2) is 5.82 Å². The molecule has 0 spiro atoms. The van der Waals surface area contributed by atoms with E-state index in [1.54, 1.807) is 13.1 Å². The SMILES string of the molecule is CCNc1ncc(Cl)c(N2CCC(CNC(C)=O)CC2)n1. The van der Waals surface area contributed by atoms with Crippen molar-refractivity contribution in [2.24, 2.45) is 5.92 Å². The van der Waals surface area contributed by atoms with E-state index >= 15 is 0 Å². The second kappa shape index (κ2) is 7.45. The molecule has 1 aliphatic heterocycles. The van der Waals surface area contributed by atoms with Gasteiger partial charge in [-0.2, -0.15) is 4.98 Å². The molecule has 0 unspecified atom stereocenters. The average Bonchev–Trinajstić information content (AvgIpc) is 2.48. The van der Waals surface area contributed by atoms with Crippen LogP contribution in [0, 0.1) is 5.92 Å². The minimum absolute atomic E-state index is 0.0338. The van der Waals surface area contributed by atoms with E-state index in [-0.39, 0.29) is 5.91 Å². The van der Waals surface area contributed by atoms with Crippen molar-refractivity contribution in [2.45, 2.75) is 26.7 Å². The Morgan fingerprint density at radius 1 is 1.48 bits per heavy atom. The minimum atomic E-state index is 0.0338. The predicted octanol–water partition coefficient (Wildman–Crippen LogP) is 1.91. The molecule has 1 aromatic heterocycles. The van der Waals surface area contributed by atoms with Crippen LogP contribution in [0.1, 0.15) is 26.7 Å². The first kappa shape index (κ1) is 15.8. The lowest BCUT2D eigenvalue weighted by atomic mass is 9.97. The van der Waals surface area contributed by atoms with Crippen LogP contribution in [0.4, 0.5) is 11.8 Å². The van der Waals surface area contributed by atoms with Gasteiger partial charge in [-0.15, -0.1) is 0 Å². The van der Waals surface area contributed by atoms with Gasteiger partial charge in [0.25, 0.3) is 0 Å². The molecule has 1 amide bonds. The summed E-state index contributed by atoms with van der Waals surface area (Å²) >= 11 is 6.22. The summed E-state index contributed by atoms with van der Waals surface area (Å²) in [5.41, 5.74) is 0. The maximum Gasteiger partial charge on any atom is 0.224 e. The lowest BCUT2D eigenvalue weighted by molar-refractivity contribution is -0.119. The number of rotatable bonds is 5. The van der Waals surface area contributed by atoms with Crippen molar-refractivity contribution < 1.29 is 4.79 Å². The van der Waals surface area contributed by atoms with Crippen molar-refractivity contribution >= 4 is 29.3 Å². The topological polar surface area (TPSA) is 70.2 Å². The monoisotopic (exact) mass is 311 g/mol. The Kier molecular flexibility index (Phi) is 5.61. The maximum atomic E-state index is 11.0. The molecule has 0 saturated carbocycles. The van der Waals surface area contributed by atoms with Crippen LogP contribution in [0.3, 0.4) is 0 Å². The summed E-state index contributed by atoms with van der Waals surface area (Å²) < 4.78 is 0. The lowest BCUT2D eigenvalue weighted by Gasteiger charge is -2.33. The first-order valence-electron chi connectivity index (χ1n) is 7.36. The van der Waals surface area contributed by atoms with Gasteiger partial charge in [0, 0.05) is 33.1 Å². The third kappa shape index (κ3) is 4.46. The van der Waals surface area contributed by atoms with E-state index in [0.717, 1.165) is 44.8 Å². The van der Waals surface area contributed by atoms with Crippen LogP contribution < -0.4 is 15.5 Å². The van der Waals surface area contributed by atoms with E-state index < -0.39 is 0 Å². The molecule has 116 valence electrons. The van der Waals surface area contributed by atoms with E-state index in [1.165, 1.54) is 0 Å². The molecule has 2 rings (SSSR count). The van der Waals surface area contributed by atoms with Gasteiger partial charge in [-0.05, 0) is 25.7 Å². The summed E-state index contributed by atoms with van der Waals surface area (Å²) in [5, 5.41) is 6.57. The zero-order valence-electron chi connectivity index (χ0n) is 12.5. The Morgan fingerprint density at radius 2 is 2.19 bits per heavy atom. The molecule has 6 nitrogen and oxygen atoms in total. The Bertz CT molecular complexity index is 488. The van der Waals surface area contributed by atoms with Crippen LogP contribution in [0.15, 0.2) is 6.20 Å². The van der Waals surface area contributed by atoms with E-state index in [4.69, 9.17) is 11.6 Å². The van der Waals surface area contributed by atoms with Crippen molar-refractivity contribution in [1.82, 2.24) is 15.3 Å². The molecule has 0 atom stereocenters. The number of amides is 1. The van der Waals surface area contributed by atoms with Crippen LogP contribution in [-0.4, -0.2) is 42.1 Å². The third-order valence-corrected chi connectivity index (χ3v) is 3.88. The van der Waals surface area contributed by atoms with E-state index in [2.05, 4.69) is 25.5 Å². The molecule has 0 aliphatic carbocycles. The van der Waals surface area contributed by atoms with Crippen molar-refractivity contribution in [3.8, 4) is 0 Å². The quantitative estimate of drug-likeness (QED) is 0.869. The summed E-state index contributed by atoms with van der Waals surface area (Å²) in [7, 11) is 0. The summed E-state index contributed by atoms with van der Waals surface area (Å²) in [6.07, 6.45) is 3.69. The number of carbonyl (C=O) groups is 1. The largest absolute Gasteiger partial charge is 0.356 e. The Balaban J connectivity index is 1.95. The highest BCUT2D eigenvalue weighted by atomic mass is 35.5. The zero-order valence-corrected chi connectivity index (χ0v) is 13.3. The first-order valence-corrected chi connectivity index (χ1v) is 7.73. The highest BCUT2D eigenvalue weighted by molar-refractivity contribution is 6.32. The highest BCUT2D eigenvalue weighted by Gasteiger charge is 2.22. The molecule has 0 aromatic carbocycles. The number of anilines is 2. The fraction of sp³-hybridized carbons (Fsp3) is 0.643. The molecule has 2 heterocycles. The number of hydrogen-bond donors (Lipinski definition) is 2. The smallest absolute Gasteiger partial charge is 0.224 e. The van der Waals surface area contributed by atoms with E-state index in [1.807, 2.05) is 6.92 Å². The number of aromatic nitrogens is 2. The number of nitrogens with one attached hydrogen (secondary N) is 2. The van der Waals surface area contributed by atoms with Gasteiger partial charge in [0.1, 0.15) is 5.02 Å². The normalized spacial score (nSPS) is 15.9. The predicted molar refractivity (Wildman–Crippen MR) is 84.8 cm³/mol. The summed E-state index contributed by atoms with van der Waals surface area (Å²) in [6.45, 7) is 6.88. The van der Waals surface area contributed by atoms with Crippen LogP contribution in [0.25, 0.3) is 0 Å². The zero-order chi connectivity index (χ0) is 15.2. The molecule has 1 fully saturated rings. The van der Waals surface area contributed by atoms with Gasteiger partial charge in [0.05, 0.1) is 6.20 Å². The van der Waals surface area contributed by atoms with E-state index in [9.17, 15) is 4.79 Å². The molecule has 1 saturated heterocycles. The first-order chi connectivity index (χ1) is 10.1. The van der Waals surface area contributed by atoms with Gasteiger partial charge < -0.3 is 15.5 Å². The average molecular weight is 312 g/mol. The van der Waals surface area contributed by atoms with Crippen LogP contribution in [0.2, 0.25) is 5.02 Å². The standard InChI is InChI=1S/C14H22ClN5O/c1-3-16-14-18-9-12(15)13(19-14)20-6-4-11(5-7-20)8-17-10(2)21/h9,11H,3-8H2,1-2H3,(H,17,21)(H,16,18,19). The molecule has 0 radical (unpaired) electrons. The Hall–Kier alpha value is -1.56. The second-order valence-electron chi connectivity index (χ2n) is 5.26. The number of piperidine rings is 1. The van der Waals surface area contributed by atoms with Crippen LogP contribution >= 0.6 is 11.6 Å². The Morgan fingerprint density at radius 3 is 2.81 bits per heavy atom. The molecular weight excluding hydrogens is 290 g/mol. The fourth-order valence-corrected chi connectivity index (χ4v) is 2.67. The lowest BCUT2D eigenvalue weighted by Crippen LogP contribution is -2.38. The van der Waals surface area contributed by atoms with Gasteiger partial charge in [-0.1, -0.05) is 11.6 Å². The molecule has 2 N–H and O–H groups in total.